The monoisotopic (exact) mass is 435 g/mol. The Kier molecular flexibility index (Phi) is 10.6. The van der Waals surface area contributed by atoms with E-state index in [1.165, 1.54) is 11.6 Å². The lowest BCUT2D eigenvalue weighted by molar-refractivity contribution is -0.131. The first-order valence-electron chi connectivity index (χ1n) is 11.0. The van der Waals surface area contributed by atoms with E-state index in [-0.39, 0.29) is 11.3 Å². The maximum Gasteiger partial charge on any atom is 0.328 e. The lowest BCUT2D eigenvalue weighted by atomic mass is 9.71. The van der Waals surface area contributed by atoms with Crippen molar-refractivity contribution in [2.45, 2.75) is 61.3 Å². The molecule has 4 heteroatoms. The zero-order valence-corrected chi connectivity index (χ0v) is 20.5. The minimum atomic E-state index is -0.899. The van der Waals surface area contributed by atoms with E-state index in [1.807, 2.05) is 71.1 Å². The number of amides is 1. The summed E-state index contributed by atoms with van der Waals surface area (Å²) in [6, 6.07) is 0. The Hall–Kier alpha value is -3.14. The molecule has 0 atom stereocenters. The van der Waals surface area contributed by atoms with E-state index in [4.69, 9.17) is 5.11 Å². The summed E-state index contributed by atoms with van der Waals surface area (Å²) in [6.45, 7) is 14.1. The van der Waals surface area contributed by atoms with Crippen LogP contribution in [0.4, 0.5) is 0 Å². The highest BCUT2D eigenvalue weighted by Gasteiger charge is 2.29. The Balaban J connectivity index is 2.93. The minimum absolute atomic E-state index is 0.00200. The normalized spacial score (nSPS) is 19.6. The molecule has 0 aromatic rings. The van der Waals surface area contributed by atoms with Crippen LogP contribution < -0.4 is 5.32 Å². The van der Waals surface area contributed by atoms with Gasteiger partial charge in [-0.25, -0.2) is 4.79 Å². The summed E-state index contributed by atoms with van der Waals surface area (Å²) in [4.78, 5) is 23.2. The van der Waals surface area contributed by atoms with Crippen LogP contribution in [0.25, 0.3) is 0 Å². The van der Waals surface area contributed by atoms with Crippen LogP contribution in [0, 0.1) is 5.41 Å². The molecule has 0 aromatic heterocycles. The zero-order valence-electron chi connectivity index (χ0n) is 20.5. The maximum absolute atomic E-state index is 12.1. The lowest BCUT2D eigenvalue weighted by Gasteiger charge is -2.34. The van der Waals surface area contributed by atoms with Gasteiger partial charge >= 0.3 is 5.97 Å². The molecule has 1 aliphatic carbocycles. The van der Waals surface area contributed by atoms with E-state index in [0.29, 0.717) is 0 Å². The van der Waals surface area contributed by atoms with Crippen LogP contribution >= 0.6 is 0 Å². The van der Waals surface area contributed by atoms with Gasteiger partial charge in [-0.2, -0.15) is 0 Å². The summed E-state index contributed by atoms with van der Waals surface area (Å²) in [6.07, 6.45) is 20.1. The molecule has 0 radical (unpaired) electrons. The SMILES string of the molecule is C/C=C\C(=C/C)NC(=O)\C=C(C)/C=C/C=C(C)/C=C/C1=C(C)C(=C/C(=O)O)/CCC1(C)C. The smallest absolute Gasteiger partial charge is 0.328 e. The Morgan fingerprint density at radius 1 is 1.06 bits per heavy atom. The van der Waals surface area contributed by atoms with Gasteiger partial charge in [0.25, 0.3) is 0 Å². The largest absolute Gasteiger partial charge is 0.478 e. The number of carbonyl (C=O) groups is 2. The quantitative estimate of drug-likeness (QED) is 0.328. The van der Waals surface area contributed by atoms with Gasteiger partial charge < -0.3 is 10.4 Å². The number of nitrogens with one attached hydrogen (secondary N) is 1. The molecule has 0 aliphatic heterocycles. The second-order valence-electron chi connectivity index (χ2n) is 8.66. The Bertz CT molecular complexity index is 961. The van der Waals surface area contributed by atoms with Gasteiger partial charge in [-0.15, -0.1) is 0 Å². The zero-order chi connectivity index (χ0) is 24.3. The average molecular weight is 436 g/mol. The molecule has 172 valence electrons. The van der Waals surface area contributed by atoms with Crippen molar-refractivity contribution in [2.75, 3.05) is 0 Å². The van der Waals surface area contributed by atoms with Crippen molar-refractivity contribution in [1.82, 2.24) is 5.32 Å². The van der Waals surface area contributed by atoms with Crippen molar-refractivity contribution in [2.24, 2.45) is 5.41 Å². The Morgan fingerprint density at radius 2 is 1.75 bits per heavy atom. The summed E-state index contributed by atoms with van der Waals surface area (Å²) < 4.78 is 0. The summed E-state index contributed by atoms with van der Waals surface area (Å²) in [5.41, 5.74) is 5.79. The highest BCUT2D eigenvalue weighted by molar-refractivity contribution is 5.90. The second kappa shape index (κ2) is 12.7. The molecule has 0 aromatic carbocycles. The fourth-order valence-electron chi connectivity index (χ4n) is 3.57. The van der Waals surface area contributed by atoms with Crippen LogP contribution in [0.3, 0.4) is 0 Å². The van der Waals surface area contributed by atoms with Gasteiger partial charge in [-0.3, -0.25) is 4.79 Å². The highest BCUT2D eigenvalue weighted by Crippen LogP contribution is 2.43. The van der Waals surface area contributed by atoms with Gasteiger partial charge in [0.05, 0.1) is 0 Å². The molecule has 1 rings (SSSR count). The molecule has 0 bridgehead atoms. The number of carbonyl (C=O) groups excluding carboxylic acids is 1. The number of rotatable bonds is 8. The molecule has 0 spiro atoms. The topological polar surface area (TPSA) is 66.4 Å². The van der Waals surface area contributed by atoms with E-state index in [0.717, 1.165) is 40.8 Å². The molecule has 0 saturated carbocycles. The third-order valence-corrected chi connectivity index (χ3v) is 5.45. The van der Waals surface area contributed by atoms with Gasteiger partial charge in [-0.05, 0) is 81.2 Å². The van der Waals surface area contributed by atoms with E-state index in [9.17, 15) is 9.59 Å². The van der Waals surface area contributed by atoms with Crippen molar-refractivity contribution in [3.05, 3.63) is 94.3 Å². The lowest BCUT2D eigenvalue weighted by Crippen LogP contribution is -2.20. The first-order chi connectivity index (χ1) is 15.0. The van der Waals surface area contributed by atoms with Crippen LogP contribution in [0.2, 0.25) is 0 Å². The molecule has 4 nitrogen and oxygen atoms in total. The highest BCUT2D eigenvalue weighted by atomic mass is 16.4. The number of hydrogen-bond donors (Lipinski definition) is 2. The summed E-state index contributed by atoms with van der Waals surface area (Å²) in [5.74, 6) is -1.06. The molecule has 1 aliphatic rings. The molecular weight excluding hydrogens is 398 g/mol. The molecule has 1 amide bonds. The van der Waals surface area contributed by atoms with Crippen LogP contribution in [0.5, 0.6) is 0 Å². The standard InChI is InChI=1S/C28H37NO3/c1-8-11-24(9-2)29-26(30)18-21(4)13-10-12-20(3)14-15-25-22(5)23(19-27(31)32)16-17-28(25,6)7/h8-15,18-19H,16-17H2,1-7H3,(H,29,30)(H,31,32)/b11-8-,13-10+,15-14+,20-12+,21-18-,23-19+,24-9+. The number of carboxylic acids is 1. The number of carboxylic acid groups (broad SMARTS) is 1. The molecule has 0 heterocycles. The summed E-state index contributed by atoms with van der Waals surface area (Å²) in [5, 5.41) is 12.0. The van der Waals surface area contributed by atoms with E-state index in [2.05, 4.69) is 31.3 Å². The van der Waals surface area contributed by atoms with E-state index in [1.54, 1.807) is 6.08 Å². The molecule has 32 heavy (non-hydrogen) atoms. The number of aliphatic carboxylic acids is 1. The van der Waals surface area contributed by atoms with Crippen molar-refractivity contribution in [1.29, 1.82) is 0 Å². The molecule has 0 unspecified atom stereocenters. The van der Waals surface area contributed by atoms with Crippen LogP contribution in [0.15, 0.2) is 94.3 Å². The fourth-order valence-corrected chi connectivity index (χ4v) is 3.57. The molecule has 2 N–H and O–H groups in total. The van der Waals surface area contributed by atoms with Gasteiger partial charge in [0.2, 0.25) is 5.91 Å². The van der Waals surface area contributed by atoms with Gasteiger partial charge in [0.15, 0.2) is 0 Å². The van der Waals surface area contributed by atoms with Crippen molar-refractivity contribution < 1.29 is 14.7 Å². The predicted octanol–water partition coefficient (Wildman–Crippen LogP) is 6.74. The molecular formula is C28H37NO3. The van der Waals surface area contributed by atoms with Crippen molar-refractivity contribution >= 4 is 11.9 Å². The van der Waals surface area contributed by atoms with E-state index < -0.39 is 5.97 Å². The third kappa shape index (κ3) is 8.93. The first kappa shape index (κ1) is 26.9. The fraction of sp³-hybridized carbons (Fsp3) is 0.357. The van der Waals surface area contributed by atoms with Crippen molar-refractivity contribution in [3.63, 3.8) is 0 Å². The molecule has 0 saturated heterocycles. The number of hydrogen-bond acceptors (Lipinski definition) is 2. The number of allylic oxidation sites excluding steroid dienone is 13. The van der Waals surface area contributed by atoms with Gasteiger partial charge in [-0.1, -0.05) is 62.0 Å². The van der Waals surface area contributed by atoms with Crippen LogP contribution in [-0.4, -0.2) is 17.0 Å². The summed E-state index contributed by atoms with van der Waals surface area (Å²) >= 11 is 0. The Morgan fingerprint density at radius 3 is 2.34 bits per heavy atom. The third-order valence-electron chi connectivity index (χ3n) is 5.45. The van der Waals surface area contributed by atoms with Gasteiger partial charge in [0.1, 0.15) is 0 Å². The minimum Gasteiger partial charge on any atom is -0.478 e. The second-order valence-corrected chi connectivity index (χ2v) is 8.66. The maximum atomic E-state index is 12.1. The van der Waals surface area contributed by atoms with Crippen LogP contribution in [0.1, 0.15) is 61.3 Å². The Labute approximate surface area is 193 Å². The summed E-state index contributed by atoms with van der Waals surface area (Å²) in [7, 11) is 0. The first-order valence-corrected chi connectivity index (χ1v) is 11.0. The van der Waals surface area contributed by atoms with Crippen molar-refractivity contribution in [3.8, 4) is 0 Å². The van der Waals surface area contributed by atoms with Crippen LogP contribution in [-0.2, 0) is 9.59 Å². The van der Waals surface area contributed by atoms with E-state index >= 15 is 0 Å². The molecule has 0 fully saturated rings. The average Bonchev–Trinajstić information content (AvgIpc) is 2.69. The predicted molar refractivity (Wildman–Crippen MR) is 134 cm³/mol. The van der Waals surface area contributed by atoms with Gasteiger partial charge in [0, 0.05) is 17.8 Å².